The number of anilines is 1. The van der Waals surface area contributed by atoms with E-state index in [1.165, 1.54) is 4.57 Å². The highest BCUT2D eigenvalue weighted by atomic mass is 16.5. The van der Waals surface area contributed by atoms with E-state index in [4.69, 9.17) is 4.74 Å². The van der Waals surface area contributed by atoms with E-state index in [-0.39, 0.29) is 11.7 Å². The predicted molar refractivity (Wildman–Crippen MR) is 93.9 cm³/mol. The van der Waals surface area contributed by atoms with Crippen molar-refractivity contribution in [3.63, 3.8) is 0 Å². The van der Waals surface area contributed by atoms with Gasteiger partial charge in [-0.15, -0.1) is 0 Å². The molecule has 0 spiro atoms. The van der Waals surface area contributed by atoms with E-state index in [0.717, 1.165) is 38.5 Å². The number of nitrogens with one attached hydrogen (secondary N) is 1. The standard InChI is InChI=1S/C16H26N6O2/c1-5-11(3)24-16-19-13-12(14(23)20(16)4)22(6-2)15(18-13)21-9-7-17-8-10-21/h11,17H,5-10H2,1-4H3. The Balaban J connectivity index is 2.12. The first-order valence-corrected chi connectivity index (χ1v) is 8.66. The Hall–Kier alpha value is -2.09. The van der Waals surface area contributed by atoms with E-state index in [2.05, 4.69) is 20.2 Å². The third-order valence-electron chi connectivity index (χ3n) is 4.52. The van der Waals surface area contributed by atoms with Gasteiger partial charge in [0, 0.05) is 39.8 Å². The van der Waals surface area contributed by atoms with Crippen molar-refractivity contribution in [1.29, 1.82) is 0 Å². The Bertz CT molecular complexity index is 775. The van der Waals surface area contributed by atoms with Gasteiger partial charge in [-0.25, -0.2) is 0 Å². The quantitative estimate of drug-likeness (QED) is 0.869. The van der Waals surface area contributed by atoms with Crippen molar-refractivity contribution >= 4 is 17.1 Å². The number of fused-ring (bicyclic) bond motifs is 1. The molecule has 1 fully saturated rings. The molecule has 8 heteroatoms. The van der Waals surface area contributed by atoms with Crippen LogP contribution in [0.4, 0.5) is 5.95 Å². The molecule has 3 heterocycles. The lowest BCUT2D eigenvalue weighted by Gasteiger charge is -2.28. The van der Waals surface area contributed by atoms with Crippen LogP contribution >= 0.6 is 0 Å². The van der Waals surface area contributed by atoms with Crippen LogP contribution in [0.3, 0.4) is 0 Å². The van der Waals surface area contributed by atoms with E-state index < -0.39 is 0 Å². The summed E-state index contributed by atoms with van der Waals surface area (Å²) in [5.41, 5.74) is 0.894. The fraction of sp³-hybridized carbons (Fsp3) is 0.688. The molecule has 1 atom stereocenters. The molecule has 3 rings (SSSR count). The van der Waals surface area contributed by atoms with E-state index in [0.29, 0.717) is 23.7 Å². The Labute approximate surface area is 141 Å². The first kappa shape index (κ1) is 16.8. The lowest BCUT2D eigenvalue weighted by molar-refractivity contribution is 0.190. The summed E-state index contributed by atoms with van der Waals surface area (Å²) in [6, 6.07) is 0.328. The molecule has 2 aromatic heterocycles. The maximum absolute atomic E-state index is 12.8. The first-order chi connectivity index (χ1) is 11.6. The molecule has 0 saturated carbocycles. The molecular weight excluding hydrogens is 308 g/mol. The second kappa shape index (κ2) is 6.80. The number of hydrogen-bond donors (Lipinski definition) is 1. The number of piperazine rings is 1. The van der Waals surface area contributed by atoms with Crippen molar-refractivity contribution < 1.29 is 4.74 Å². The van der Waals surface area contributed by atoms with Crippen LogP contribution in [0, 0.1) is 0 Å². The van der Waals surface area contributed by atoms with Gasteiger partial charge in [0.05, 0.1) is 6.10 Å². The molecule has 8 nitrogen and oxygen atoms in total. The number of nitrogens with zero attached hydrogens (tertiary/aromatic N) is 5. The Morgan fingerprint density at radius 2 is 1.96 bits per heavy atom. The first-order valence-electron chi connectivity index (χ1n) is 8.66. The Morgan fingerprint density at radius 3 is 2.58 bits per heavy atom. The summed E-state index contributed by atoms with van der Waals surface area (Å²) in [7, 11) is 1.70. The minimum absolute atomic E-state index is 0.00134. The van der Waals surface area contributed by atoms with E-state index in [1.54, 1.807) is 7.05 Å². The second-order valence-electron chi connectivity index (χ2n) is 6.16. The summed E-state index contributed by atoms with van der Waals surface area (Å²) in [5.74, 6) is 0.819. The van der Waals surface area contributed by atoms with Gasteiger partial charge in [-0.2, -0.15) is 9.97 Å². The Morgan fingerprint density at radius 1 is 1.25 bits per heavy atom. The molecule has 0 radical (unpaired) electrons. The van der Waals surface area contributed by atoms with Crippen molar-refractivity contribution in [2.45, 2.75) is 39.8 Å². The summed E-state index contributed by atoms with van der Waals surface area (Å²) < 4.78 is 9.23. The number of hydrogen-bond acceptors (Lipinski definition) is 6. The zero-order valence-electron chi connectivity index (χ0n) is 14.9. The van der Waals surface area contributed by atoms with Crippen molar-refractivity contribution in [1.82, 2.24) is 24.4 Å². The largest absolute Gasteiger partial charge is 0.462 e. The number of aryl methyl sites for hydroxylation is 1. The van der Waals surface area contributed by atoms with Crippen LogP contribution in [0.5, 0.6) is 6.01 Å². The Kier molecular flexibility index (Phi) is 4.75. The average Bonchev–Trinajstić information content (AvgIpc) is 2.98. The van der Waals surface area contributed by atoms with Gasteiger partial charge in [-0.3, -0.25) is 9.36 Å². The molecule has 0 aliphatic carbocycles. The second-order valence-corrected chi connectivity index (χ2v) is 6.16. The van der Waals surface area contributed by atoms with Crippen molar-refractivity contribution in [3.8, 4) is 6.01 Å². The van der Waals surface area contributed by atoms with Gasteiger partial charge in [0.15, 0.2) is 11.2 Å². The van der Waals surface area contributed by atoms with Crippen LogP contribution in [0.2, 0.25) is 0 Å². The van der Waals surface area contributed by atoms with E-state index >= 15 is 0 Å². The van der Waals surface area contributed by atoms with Gasteiger partial charge in [0.25, 0.3) is 5.56 Å². The normalized spacial score (nSPS) is 16.6. The lowest BCUT2D eigenvalue weighted by Crippen LogP contribution is -2.44. The smallest absolute Gasteiger partial charge is 0.301 e. The molecular formula is C16H26N6O2. The average molecular weight is 334 g/mol. The van der Waals surface area contributed by atoms with Crippen LogP contribution in [-0.4, -0.2) is 51.4 Å². The maximum Gasteiger partial charge on any atom is 0.301 e. The molecule has 0 bridgehead atoms. The molecule has 1 aliphatic heterocycles. The van der Waals surface area contributed by atoms with E-state index in [1.807, 2.05) is 25.3 Å². The molecule has 0 amide bonds. The number of ether oxygens (including phenoxy) is 1. The highest BCUT2D eigenvalue weighted by Gasteiger charge is 2.23. The zero-order valence-corrected chi connectivity index (χ0v) is 14.9. The van der Waals surface area contributed by atoms with Crippen LogP contribution in [0.15, 0.2) is 4.79 Å². The molecule has 132 valence electrons. The van der Waals surface area contributed by atoms with Crippen molar-refractivity contribution in [2.24, 2.45) is 7.05 Å². The maximum atomic E-state index is 12.8. The fourth-order valence-corrected chi connectivity index (χ4v) is 2.90. The highest BCUT2D eigenvalue weighted by Crippen LogP contribution is 2.21. The summed E-state index contributed by atoms with van der Waals surface area (Å²) >= 11 is 0. The molecule has 1 N–H and O–H groups in total. The van der Waals surface area contributed by atoms with Gasteiger partial charge in [-0.1, -0.05) is 6.92 Å². The van der Waals surface area contributed by atoms with E-state index in [9.17, 15) is 4.79 Å². The number of rotatable bonds is 5. The summed E-state index contributed by atoms with van der Waals surface area (Å²) in [4.78, 5) is 24.2. The number of imidazole rings is 1. The fourth-order valence-electron chi connectivity index (χ4n) is 2.90. The summed E-state index contributed by atoms with van der Waals surface area (Å²) in [6.07, 6.45) is 0.852. The highest BCUT2D eigenvalue weighted by molar-refractivity contribution is 5.74. The molecule has 0 aromatic carbocycles. The van der Waals surface area contributed by atoms with Crippen LogP contribution in [0.1, 0.15) is 27.2 Å². The minimum Gasteiger partial charge on any atom is -0.462 e. The SMILES string of the molecule is CCC(C)Oc1nc2nc(N3CCNCC3)n(CC)c2c(=O)n1C. The third kappa shape index (κ3) is 2.86. The van der Waals surface area contributed by atoms with Gasteiger partial charge < -0.3 is 19.5 Å². The third-order valence-corrected chi connectivity index (χ3v) is 4.52. The van der Waals surface area contributed by atoms with Crippen molar-refractivity contribution in [3.05, 3.63) is 10.4 Å². The minimum atomic E-state index is -0.117. The summed E-state index contributed by atoms with van der Waals surface area (Å²) in [5, 5.41) is 3.33. The number of aromatic nitrogens is 4. The van der Waals surface area contributed by atoms with Crippen LogP contribution in [-0.2, 0) is 13.6 Å². The monoisotopic (exact) mass is 334 g/mol. The van der Waals surface area contributed by atoms with Crippen LogP contribution in [0.25, 0.3) is 11.2 Å². The molecule has 24 heavy (non-hydrogen) atoms. The lowest BCUT2D eigenvalue weighted by atomic mass is 10.3. The van der Waals surface area contributed by atoms with Crippen molar-refractivity contribution in [2.75, 3.05) is 31.1 Å². The molecule has 2 aromatic rings. The molecule has 1 unspecified atom stereocenters. The zero-order chi connectivity index (χ0) is 17.3. The predicted octanol–water partition coefficient (Wildman–Crippen LogP) is 0.737. The van der Waals surface area contributed by atoms with Gasteiger partial charge in [-0.05, 0) is 20.3 Å². The van der Waals surface area contributed by atoms with Gasteiger partial charge in [0.1, 0.15) is 0 Å². The summed E-state index contributed by atoms with van der Waals surface area (Å²) in [6.45, 7) is 10.3. The molecule has 1 saturated heterocycles. The van der Waals surface area contributed by atoms with Crippen LogP contribution < -0.4 is 20.5 Å². The van der Waals surface area contributed by atoms with Gasteiger partial charge >= 0.3 is 6.01 Å². The topological polar surface area (TPSA) is 77.2 Å². The van der Waals surface area contributed by atoms with Gasteiger partial charge in [0.2, 0.25) is 5.95 Å². The molecule has 1 aliphatic rings.